The van der Waals surface area contributed by atoms with Gasteiger partial charge in [0.25, 0.3) is 0 Å². The molecular formula is C8H4FNO3S. The van der Waals surface area contributed by atoms with Crippen LogP contribution in [0.1, 0.15) is 0 Å². The molecule has 4 nitrogen and oxygen atoms in total. The van der Waals surface area contributed by atoms with Gasteiger partial charge in [-0.1, -0.05) is 11.3 Å². The Morgan fingerprint density at radius 2 is 2.21 bits per heavy atom. The van der Waals surface area contributed by atoms with Gasteiger partial charge in [0.1, 0.15) is 5.75 Å². The molecule has 1 aromatic carbocycles. The van der Waals surface area contributed by atoms with E-state index >= 15 is 0 Å². The average Bonchev–Trinajstić information content (AvgIpc) is 2.44. The molecule has 0 aliphatic heterocycles. The highest BCUT2D eigenvalue weighted by Crippen LogP contribution is 2.36. The number of hydrogen-bond donors (Lipinski definition) is 1. The van der Waals surface area contributed by atoms with E-state index in [9.17, 15) is 14.5 Å². The number of rotatable bonds is 1. The van der Waals surface area contributed by atoms with Crippen molar-refractivity contribution in [2.45, 2.75) is 0 Å². The van der Waals surface area contributed by atoms with Crippen LogP contribution in [0.3, 0.4) is 0 Å². The molecule has 2 rings (SSSR count). The number of hydrogen-bond acceptors (Lipinski definition) is 4. The molecule has 0 fully saturated rings. The number of thiophene rings is 1. The number of phenolic OH excluding ortho intramolecular Hbond substituents is 1. The summed E-state index contributed by atoms with van der Waals surface area (Å²) in [5.74, 6) is -0.991. The number of halogens is 1. The van der Waals surface area contributed by atoms with Crippen LogP contribution in [0.5, 0.6) is 5.75 Å². The van der Waals surface area contributed by atoms with Crippen LogP contribution in [0.4, 0.5) is 9.39 Å². The lowest BCUT2D eigenvalue weighted by Gasteiger charge is -1.89. The molecule has 1 N–H and O–H groups in total. The predicted molar refractivity (Wildman–Crippen MR) is 50.1 cm³/mol. The van der Waals surface area contributed by atoms with E-state index in [2.05, 4.69) is 0 Å². The lowest BCUT2D eigenvalue weighted by Crippen LogP contribution is -1.85. The van der Waals surface area contributed by atoms with Gasteiger partial charge in [-0.3, -0.25) is 10.1 Å². The molecular weight excluding hydrogens is 209 g/mol. The molecule has 0 amide bonds. The molecule has 1 heterocycles. The van der Waals surface area contributed by atoms with Crippen LogP contribution in [-0.2, 0) is 0 Å². The van der Waals surface area contributed by atoms with E-state index in [1.807, 2.05) is 0 Å². The first kappa shape index (κ1) is 8.89. The number of aromatic hydroxyl groups is 1. The zero-order valence-corrected chi connectivity index (χ0v) is 7.55. The van der Waals surface area contributed by atoms with E-state index in [0.29, 0.717) is 4.70 Å². The standard InChI is InChI=1S/C8H4FNO3S/c9-7-5-3-4(11)1-2-6(5)14-8(7)10(12)13/h1-3,11H. The number of fused-ring (bicyclic) bond motifs is 1. The molecule has 0 aliphatic carbocycles. The summed E-state index contributed by atoms with van der Waals surface area (Å²) < 4.78 is 13.8. The summed E-state index contributed by atoms with van der Waals surface area (Å²) in [4.78, 5) is 9.62. The summed E-state index contributed by atoms with van der Waals surface area (Å²) in [7, 11) is 0. The van der Waals surface area contributed by atoms with Crippen LogP contribution >= 0.6 is 11.3 Å². The predicted octanol–water partition coefficient (Wildman–Crippen LogP) is 2.65. The van der Waals surface area contributed by atoms with E-state index in [1.54, 1.807) is 0 Å². The Balaban J connectivity index is 2.80. The third-order valence-electron chi connectivity index (χ3n) is 1.76. The van der Waals surface area contributed by atoms with Crippen molar-refractivity contribution in [2.75, 3.05) is 0 Å². The Labute approximate surface area is 81.4 Å². The van der Waals surface area contributed by atoms with Gasteiger partial charge in [0.2, 0.25) is 5.82 Å². The number of benzene rings is 1. The number of nitro groups is 1. The maximum Gasteiger partial charge on any atom is 0.360 e. The normalized spacial score (nSPS) is 10.6. The Kier molecular flexibility index (Phi) is 1.85. The molecule has 72 valence electrons. The number of nitrogens with zero attached hydrogens (tertiary/aromatic N) is 1. The molecule has 0 radical (unpaired) electrons. The second-order valence-corrected chi connectivity index (χ2v) is 3.69. The van der Waals surface area contributed by atoms with Gasteiger partial charge in [0.05, 0.1) is 4.92 Å². The van der Waals surface area contributed by atoms with Crippen molar-refractivity contribution < 1.29 is 14.4 Å². The van der Waals surface area contributed by atoms with Crippen molar-refractivity contribution in [2.24, 2.45) is 0 Å². The summed E-state index contributed by atoms with van der Waals surface area (Å²) in [6.07, 6.45) is 0. The van der Waals surface area contributed by atoms with Gasteiger partial charge in [-0.25, -0.2) is 0 Å². The first-order valence-electron chi connectivity index (χ1n) is 3.65. The summed E-state index contributed by atoms with van der Waals surface area (Å²) >= 11 is 0.756. The van der Waals surface area contributed by atoms with Crippen LogP contribution in [0.15, 0.2) is 18.2 Å². The third kappa shape index (κ3) is 1.20. The topological polar surface area (TPSA) is 63.4 Å². The Morgan fingerprint density at radius 1 is 1.50 bits per heavy atom. The monoisotopic (exact) mass is 213 g/mol. The molecule has 0 saturated heterocycles. The smallest absolute Gasteiger partial charge is 0.360 e. The van der Waals surface area contributed by atoms with Gasteiger partial charge in [-0.05, 0) is 18.2 Å². The van der Waals surface area contributed by atoms with Gasteiger partial charge >= 0.3 is 5.00 Å². The minimum atomic E-state index is -0.883. The molecule has 0 bridgehead atoms. The second kappa shape index (κ2) is 2.91. The molecule has 2 aromatic rings. The van der Waals surface area contributed by atoms with E-state index in [0.717, 1.165) is 11.3 Å². The third-order valence-corrected chi connectivity index (χ3v) is 2.86. The van der Waals surface area contributed by atoms with Crippen LogP contribution in [0.2, 0.25) is 0 Å². The van der Waals surface area contributed by atoms with Crippen molar-refractivity contribution in [3.05, 3.63) is 34.1 Å². The molecule has 0 aliphatic rings. The molecule has 14 heavy (non-hydrogen) atoms. The Morgan fingerprint density at radius 3 is 2.86 bits per heavy atom. The fourth-order valence-corrected chi connectivity index (χ4v) is 2.04. The average molecular weight is 213 g/mol. The van der Waals surface area contributed by atoms with Crippen LogP contribution in [-0.4, -0.2) is 10.0 Å². The van der Waals surface area contributed by atoms with Crippen molar-refractivity contribution in [1.82, 2.24) is 0 Å². The Bertz CT molecular complexity index is 523. The van der Waals surface area contributed by atoms with Gasteiger partial charge in [0.15, 0.2) is 0 Å². The van der Waals surface area contributed by atoms with Crippen molar-refractivity contribution in [3.63, 3.8) is 0 Å². The fourth-order valence-electron chi connectivity index (χ4n) is 1.16. The zero-order valence-electron chi connectivity index (χ0n) is 6.73. The molecule has 1 aromatic heterocycles. The maximum atomic E-state index is 13.3. The van der Waals surface area contributed by atoms with E-state index in [4.69, 9.17) is 5.11 Å². The molecule has 0 atom stereocenters. The van der Waals surface area contributed by atoms with Crippen molar-refractivity contribution in [3.8, 4) is 5.75 Å². The van der Waals surface area contributed by atoms with Gasteiger partial charge in [-0.15, -0.1) is 0 Å². The summed E-state index contributed by atoms with van der Waals surface area (Å²) in [5, 5.41) is 19.0. The largest absolute Gasteiger partial charge is 0.508 e. The molecule has 6 heteroatoms. The zero-order chi connectivity index (χ0) is 10.3. The molecule has 0 spiro atoms. The second-order valence-electron chi connectivity index (χ2n) is 2.66. The first-order chi connectivity index (χ1) is 6.59. The fraction of sp³-hybridized carbons (Fsp3) is 0. The van der Waals surface area contributed by atoms with Gasteiger partial charge < -0.3 is 5.11 Å². The molecule has 0 saturated carbocycles. The van der Waals surface area contributed by atoms with E-state index in [-0.39, 0.29) is 11.1 Å². The highest BCUT2D eigenvalue weighted by atomic mass is 32.1. The summed E-state index contributed by atoms with van der Waals surface area (Å²) in [6, 6.07) is 3.99. The highest BCUT2D eigenvalue weighted by Gasteiger charge is 2.21. The first-order valence-corrected chi connectivity index (χ1v) is 4.46. The minimum Gasteiger partial charge on any atom is -0.508 e. The Hall–Kier alpha value is -1.69. The minimum absolute atomic E-state index is 0.0849. The lowest BCUT2D eigenvalue weighted by atomic mass is 10.2. The summed E-state index contributed by atoms with van der Waals surface area (Å²) in [5.41, 5.74) is 0. The highest BCUT2D eigenvalue weighted by molar-refractivity contribution is 7.22. The van der Waals surface area contributed by atoms with E-state index in [1.165, 1.54) is 18.2 Å². The quantitative estimate of drug-likeness (QED) is 0.585. The van der Waals surface area contributed by atoms with Crippen LogP contribution in [0.25, 0.3) is 10.1 Å². The van der Waals surface area contributed by atoms with E-state index < -0.39 is 15.7 Å². The maximum absolute atomic E-state index is 13.3. The van der Waals surface area contributed by atoms with Crippen molar-refractivity contribution >= 4 is 26.4 Å². The van der Waals surface area contributed by atoms with Crippen molar-refractivity contribution in [1.29, 1.82) is 0 Å². The van der Waals surface area contributed by atoms with Gasteiger partial charge in [-0.2, -0.15) is 4.39 Å². The molecule has 0 unspecified atom stereocenters. The summed E-state index contributed by atoms with van der Waals surface area (Å²) in [6.45, 7) is 0. The number of phenols is 1. The van der Waals surface area contributed by atoms with Gasteiger partial charge in [0, 0.05) is 10.1 Å². The van der Waals surface area contributed by atoms with Crippen LogP contribution in [0, 0.1) is 15.9 Å². The SMILES string of the molecule is O=[N+]([O-])c1sc2ccc(O)cc2c1F. The lowest BCUT2D eigenvalue weighted by molar-refractivity contribution is -0.382. The van der Waals surface area contributed by atoms with Crippen LogP contribution < -0.4 is 0 Å².